The molecule has 0 bridgehead atoms. The summed E-state index contributed by atoms with van der Waals surface area (Å²) in [5.74, 6) is 0. The largest absolute Gasteiger partial charge is 0.0719 e. The fourth-order valence-electron chi connectivity index (χ4n) is 6.07. The third kappa shape index (κ3) is 1.82. The Morgan fingerprint density at radius 1 is 0.500 bits per heavy atom. The van der Waals surface area contributed by atoms with E-state index < -0.39 is 0 Å². The fourth-order valence-corrected chi connectivity index (χ4v) is 6.07. The monoisotopic (exact) mass is 380 g/mol. The molecule has 1 atom stereocenters. The molecule has 1 unspecified atom stereocenters. The van der Waals surface area contributed by atoms with Crippen molar-refractivity contribution in [3.05, 3.63) is 143 Å². The normalized spacial score (nSPS) is 18.0. The maximum atomic E-state index is 2.36. The Morgan fingerprint density at radius 2 is 1.23 bits per heavy atom. The van der Waals surface area contributed by atoms with Gasteiger partial charge in [0.25, 0.3) is 0 Å². The minimum atomic E-state index is -0.282. The molecule has 0 heterocycles. The number of rotatable bonds is 1. The van der Waals surface area contributed by atoms with Crippen LogP contribution in [-0.4, -0.2) is 0 Å². The summed E-state index contributed by atoms with van der Waals surface area (Å²) in [6.07, 6.45) is 0.993. The van der Waals surface area contributed by atoms with Crippen molar-refractivity contribution >= 4 is 10.8 Å². The average molecular weight is 380 g/mol. The molecule has 0 amide bonds. The van der Waals surface area contributed by atoms with E-state index in [0.29, 0.717) is 0 Å². The van der Waals surface area contributed by atoms with E-state index in [9.17, 15) is 0 Å². The van der Waals surface area contributed by atoms with Gasteiger partial charge in [-0.1, -0.05) is 109 Å². The summed E-state index contributed by atoms with van der Waals surface area (Å²) in [4.78, 5) is 0. The van der Waals surface area contributed by atoms with Crippen LogP contribution in [0.15, 0.2) is 109 Å². The van der Waals surface area contributed by atoms with E-state index in [1.807, 2.05) is 0 Å². The van der Waals surface area contributed by atoms with E-state index >= 15 is 0 Å². The smallest absolute Gasteiger partial charge is 0.0622 e. The van der Waals surface area contributed by atoms with Gasteiger partial charge in [-0.15, -0.1) is 0 Å². The van der Waals surface area contributed by atoms with Gasteiger partial charge in [-0.3, -0.25) is 0 Å². The molecule has 0 saturated carbocycles. The molecular weight excluding hydrogens is 360 g/mol. The molecule has 5 aromatic carbocycles. The van der Waals surface area contributed by atoms with Crippen molar-refractivity contribution < 1.29 is 0 Å². The lowest BCUT2D eigenvalue weighted by atomic mass is 9.55. The second-order valence-corrected chi connectivity index (χ2v) is 8.50. The lowest BCUT2D eigenvalue weighted by molar-refractivity contribution is 0.708. The van der Waals surface area contributed by atoms with Crippen molar-refractivity contribution in [1.82, 2.24) is 0 Å². The summed E-state index contributed by atoms with van der Waals surface area (Å²) in [6.45, 7) is 0. The molecule has 0 aromatic heterocycles. The molecule has 7 rings (SSSR count). The zero-order valence-electron chi connectivity index (χ0n) is 16.6. The average Bonchev–Trinajstić information content (AvgIpc) is 2.83. The van der Waals surface area contributed by atoms with E-state index in [0.717, 1.165) is 6.42 Å². The predicted molar refractivity (Wildman–Crippen MR) is 124 cm³/mol. The first-order valence-corrected chi connectivity index (χ1v) is 10.7. The van der Waals surface area contributed by atoms with Crippen LogP contribution in [-0.2, 0) is 11.8 Å². The molecule has 0 fully saturated rings. The van der Waals surface area contributed by atoms with E-state index in [1.54, 1.807) is 0 Å². The first-order valence-electron chi connectivity index (χ1n) is 10.7. The first-order chi connectivity index (χ1) is 14.9. The topological polar surface area (TPSA) is 0 Å². The van der Waals surface area contributed by atoms with Crippen molar-refractivity contribution in [1.29, 1.82) is 0 Å². The summed E-state index contributed by atoms with van der Waals surface area (Å²) in [6, 6.07) is 40.7. The van der Waals surface area contributed by atoms with Crippen LogP contribution in [0, 0.1) is 0 Å². The molecular formula is C30H20. The highest BCUT2D eigenvalue weighted by molar-refractivity contribution is 6.06. The molecule has 0 radical (unpaired) electrons. The second kappa shape index (κ2) is 5.70. The van der Waals surface area contributed by atoms with Gasteiger partial charge in [0.15, 0.2) is 0 Å². The highest BCUT2D eigenvalue weighted by Crippen LogP contribution is 2.58. The van der Waals surface area contributed by atoms with Gasteiger partial charge in [0, 0.05) is 0 Å². The highest BCUT2D eigenvalue weighted by atomic mass is 14.5. The Hall–Kier alpha value is -3.64. The standard InChI is InChI=1S/C30H20/c1-2-11-23(12-3-1)30-26-15-6-4-9-21(26)19-22-18-17-20-10-8-14-25(28(20)29(22)30)24-13-5-7-16-27(24)30/h1-18H,19H2. The van der Waals surface area contributed by atoms with Crippen molar-refractivity contribution in [2.24, 2.45) is 0 Å². The Morgan fingerprint density at radius 3 is 2.13 bits per heavy atom. The van der Waals surface area contributed by atoms with Gasteiger partial charge < -0.3 is 0 Å². The van der Waals surface area contributed by atoms with E-state index in [2.05, 4.69) is 109 Å². The molecule has 0 saturated heterocycles. The van der Waals surface area contributed by atoms with Crippen molar-refractivity contribution in [3.8, 4) is 11.1 Å². The van der Waals surface area contributed by atoms with Gasteiger partial charge in [0.05, 0.1) is 5.41 Å². The molecule has 0 spiro atoms. The summed E-state index contributed by atoms with van der Waals surface area (Å²) in [5.41, 5.74) is 11.0. The highest BCUT2D eigenvalue weighted by Gasteiger charge is 2.48. The SMILES string of the molecule is c1ccc(C23c4ccccc4Cc4ccc5cccc(c5c42)-c2ccccc23)cc1. The summed E-state index contributed by atoms with van der Waals surface area (Å²) in [7, 11) is 0. The van der Waals surface area contributed by atoms with Crippen molar-refractivity contribution in [2.75, 3.05) is 0 Å². The van der Waals surface area contributed by atoms with Crippen molar-refractivity contribution in [2.45, 2.75) is 11.8 Å². The predicted octanol–water partition coefficient (Wildman–Crippen LogP) is 7.11. The molecule has 30 heavy (non-hydrogen) atoms. The van der Waals surface area contributed by atoms with Gasteiger partial charge in [-0.25, -0.2) is 0 Å². The maximum absolute atomic E-state index is 2.36. The van der Waals surface area contributed by atoms with Crippen LogP contribution < -0.4 is 0 Å². The summed E-state index contributed by atoms with van der Waals surface area (Å²) < 4.78 is 0. The summed E-state index contributed by atoms with van der Waals surface area (Å²) >= 11 is 0. The summed E-state index contributed by atoms with van der Waals surface area (Å²) in [5, 5.41) is 2.76. The molecule has 0 aliphatic heterocycles. The van der Waals surface area contributed by atoms with Gasteiger partial charge in [0.2, 0.25) is 0 Å². The Kier molecular flexibility index (Phi) is 3.08. The second-order valence-electron chi connectivity index (χ2n) is 8.50. The van der Waals surface area contributed by atoms with Crippen LogP contribution >= 0.6 is 0 Å². The third-order valence-electron chi connectivity index (χ3n) is 7.14. The molecule has 5 aromatic rings. The zero-order chi connectivity index (χ0) is 19.7. The van der Waals surface area contributed by atoms with E-state index in [1.165, 1.54) is 55.3 Å². The van der Waals surface area contributed by atoms with Crippen molar-refractivity contribution in [3.63, 3.8) is 0 Å². The minimum Gasteiger partial charge on any atom is -0.0622 e. The quantitative estimate of drug-likeness (QED) is 0.285. The van der Waals surface area contributed by atoms with Crippen LogP contribution in [0.3, 0.4) is 0 Å². The first kappa shape index (κ1) is 16.2. The minimum absolute atomic E-state index is 0.282. The van der Waals surface area contributed by atoms with Crippen LogP contribution in [0.5, 0.6) is 0 Å². The zero-order valence-corrected chi connectivity index (χ0v) is 16.6. The molecule has 0 heteroatoms. The van der Waals surface area contributed by atoms with E-state index in [4.69, 9.17) is 0 Å². The molecule has 0 nitrogen and oxygen atoms in total. The number of benzene rings is 5. The van der Waals surface area contributed by atoms with E-state index in [-0.39, 0.29) is 5.41 Å². The van der Waals surface area contributed by atoms with Crippen LogP contribution in [0.4, 0.5) is 0 Å². The molecule has 2 aliphatic carbocycles. The molecule has 2 aliphatic rings. The lowest BCUT2D eigenvalue weighted by Gasteiger charge is -2.46. The van der Waals surface area contributed by atoms with Gasteiger partial charge in [0.1, 0.15) is 0 Å². The Balaban J connectivity index is 1.81. The molecule has 140 valence electrons. The van der Waals surface area contributed by atoms with Gasteiger partial charge in [-0.2, -0.15) is 0 Å². The number of fused-ring (bicyclic) bond motifs is 5. The fraction of sp³-hybridized carbons (Fsp3) is 0.0667. The molecule has 0 N–H and O–H groups in total. The lowest BCUT2D eigenvalue weighted by Crippen LogP contribution is -2.38. The number of hydrogen-bond acceptors (Lipinski definition) is 0. The van der Waals surface area contributed by atoms with Crippen LogP contribution in [0.25, 0.3) is 21.9 Å². The van der Waals surface area contributed by atoms with Gasteiger partial charge in [-0.05, 0) is 61.7 Å². The Bertz CT molecular complexity index is 1460. The number of hydrogen-bond donors (Lipinski definition) is 0. The van der Waals surface area contributed by atoms with Gasteiger partial charge >= 0.3 is 0 Å². The maximum Gasteiger partial charge on any atom is 0.0719 e. The third-order valence-corrected chi connectivity index (χ3v) is 7.14. The van der Waals surface area contributed by atoms with Crippen LogP contribution in [0.1, 0.15) is 33.4 Å². The van der Waals surface area contributed by atoms with Crippen LogP contribution in [0.2, 0.25) is 0 Å². The Labute approximate surface area is 176 Å².